The van der Waals surface area contributed by atoms with Crippen LogP contribution in [0.3, 0.4) is 0 Å². The van der Waals surface area contributed by atoms with Crippen molar-refractivity contribution in [1.29, 1.82) is 0 Å². The van der Waals surface area contributed by atoms with E-state index in [-0.39, 0.29) is 12.2 Å². The van der Waals surface area contributed by atoms with Crippen LogP contribution in [0.25, 0.3) is 0 Å². The standard InChI is InChI=1S/C16H28O6/c1-6-16(7-17)8-21-14(22-9-16)15(4,5)12(18)10(2)11(3)13(19)20/h12,14,17-18H,6-9H2,1-5H3,(H,19,20). The van der Waals surface area contributed by atoms with E-state index in [4.69, 9.17) is 14.6 Å². The first-order valence-electron chi connectivity index (χ1n) is 7.54. The summed E-state index contributed by atoms with van der Waals surface area (Å²) in [7, 11) is 0. The lowest BCUT2D eigenvalue weighted by Crippen LogP contribution is -2.52. The molecule has 1 fully saturated rings. The fraction of sp³-hybridized carbons (Fsp3) is 0.812. The molecule has 1 atom stereocenters. The molecule has 1 heterocycles. The van der Waals surface area contributed by atoms with Gasteiger partial charge in [0.1, 0.15) is 0 Å². The predicted octanol–water partition coefficient (Wildman–Crippen LogP) is 1.56. The maximum atomic E-state index is 11.1. The van der Waals surface area contributed by atoms with Gasteiger partial charge in [0.05, 0.1) is 25.9 Å². The molecule has 0 amide bonds. The van der Waals surface area contributed by atoms with Gasteiger partial charge in [-0.3, -0.25) is 0 Å². The zero-order valence-electron chi connectivity index (χ0n) is 14.0. The van der Waals surface area contributed by atoms with Crippen LogP contribution in [0.15, 0.2) is 11.1 Å². The summed E-state index contributed by atoms with van der Waals surface area (Å²) in [5, 5.41) is 29.1. The minimum Gasteiger partial charge on any atom is -0.478 e. The molecule has 128 valence electrons. The van der Waals surface area contributed by atoms with Crippen molar-refractivity contribution in [2.24, 2.45) is 10.8 Å². The van der Waals surface area contributed by atoms with Crippen molar-refractivity contribution in [3.8, 4) is 0 Å². The summed E-state index contributed by atoms with van der Waals surface area (Å²) >= 11 is 0. The van der Waals surface area contributed by atoms with E-state index in [1.165, 1.54) is 6.92 Å². The van der Waals surface area contributed by atoms with Crippen molar-refractivity contribution in [3.05, 3.63) is 11.1 Å². The van der Waals surface area contributed by atoms with Gasteiger partial charge in [0.25, 0.3) is 0 Å². The van der Waals surface area contributed by atoms with Gasteiger partial charge in [-0.05, 0) is 25.8 Å². The largest absolute Gasteiger partial charge is 0.478 e. The van der Waals surface area contributed by atoms with Crippen LogP contribution in [0.5, 0.6) is 0 Å². The van der Waals surface area contributed by atoms with Gasteiger partial charge >= 0.3 is 5.97 Å². The molecule has 0 bridgehead atoms. The topological polar surface area (TPSA) is 96.2 Å². The van der Waals surface area contributed by atoms with Gasteiger partial charge in [-0.25, -0.2) is 4.79 Å². The first kappa shape index (κ1) is 19.1. The van der Waals surface area contributed by atoms with Crippen molar-refractivity contribution >= 4 is 5.97 Å². The van der Waals surface area contributed by atoms with E-state index in [1.807, 2.05) is 6.92 Å². The summed E-state index contributed by atoms with van der Waals surface area (Å²) in [6.45, 7) is 9.26. The SMILES string of the molecule is CCC1(CO)COC(C(C)(C)C(O)C(C)=C(C)C(=O)O)OC1. The summed E-state index contributed by atoms with van der Waals surface area (Å²) in [5.41, 5.74) is -0.705. The number of hydrogen-bond donors (Lipinski definition) is 3. The van der Waals surface area contributed by atoms with Crippen LogP contribution in [0.1, 0.15) is 41.0 Å². The fourth-order valence-electron chi connectivity index (χ4n) is 2.49. The Morgan fingerprint density at radius 1 is 1.32 bits per heavy atom. The zero-order valence-corrected chi connectivity index (χ0v) is 14.0. The van der Waals surface area contributed by atoms with Crippen molar-refractivity contribution in [2.75, 3.05) is 19.8 Å². The molecule has 0 aromatic heterocycles. The zero-order chi connectivity index (χ0) is 17.1. The Bertz CT molecular complexity index is 426. The molecule has 0 saturated carbocycles. The maximum Gasteiger partial charge on any atom is 0.331 e. The smallest absolute Gasteiger partial charge is 0.331 e. The quantitative estimate of drug-likeness (QED) is 0.644. The van der Waals surface area contributed by atoms with Gasteiger partial charge in [0, 0.05) is 16.4 Å². The predicted molar refractivity (Wildman–Crippen MR) is 81.3 cm³/mol. The summed E-state index contributed by atoms with van der Waals surface area (Å²) in [6.07, 6.45) is -0.932. The van der Waals surface area contributed by atoms with E-state index in [9.17, 15) is 15.0 Å². The van der Waals surface area contributed by atoms with Gasteiger partial charge in [-0.15, -0.1) is 0 Å². The molecule has 1 aliphatic heterocycles. The number of carboxylic acids is 1. The minimum absolute atomic E-state index is 0.0176. The Labute approximate surface area is 131 Å². The van der Waals surface area contributed by atoms with Gasteiger partial charge in [-0.2, -0.15) is 0 Å². The number of aliphatic hydroxyl groups is 2. The molecule has 0 aromatic carbocycles. The van der Waals surface area contributed by atoms with Crippen LogP contribution >= 0.6 is 0 Å². The van der Waals surface area contributed by atoms with Crippen molar-refractivity contribution in [1.82, 2.24) is 0 Å². The third-order valence-electron chi connectivity index (χ3n) is 4.80. The van der Waals surface area contributed by atoms with Gasteiger partial charge < -0.3 is 24.8 Å². The first-order chi connectivity index (χ1) is 10.1. The molecule has 22 heavy (non-hydrogen) atoms. The molecule has 0 radical (unpaired) electrons. The lowest BCUT2D eigenvalue weighted by Gasteiger charge is -2.45. The summed E-state index contributed by atoms with van der Waals surface area (Å²) in [4.78, 5) is 11.1. The molecular weight excluding hydrogens is 288 g/mol. The van der Waals surface area contributed by atoms with Crippen LogP contribution in [-0.4, -0.2) is 53.5 Å². The third-order valence-corrected chi connectivity index (χ3v) is 4.80. The van der Waals surface area contributed by atoms with Crippen molar-refractivity contribution in [2.45, 2.75) is 53.4 Å². The van der Waals surface area contributed by atoms with Crippen LogP contribution in [0.4, 0.5) is 0 Å². The van der Waals surface area contributed by atoms with Gasteiger partial charge in [-0.1, -0.05) is 20.8 Å². The van der Waals surface area contributed by atoms with E-state index < -0.39 is 29.2 Å². The number of aliphatic hydroxyl groups excluding tert-OH is 2. The van der Waals surface area contributed by atoms with Crippen LogP contribution in [0.2, 0.25) is 0 Å². The van der Waals surface area contributed by atoms with Crippen LogP contribution in [0, 0.1) is 10.8 Å². The number of ether oxygens (including phenoxy) is 2. The Morgan fingerprint density at radius 2 is 1.82 bits per heavy atom. The van der Waals surface area contributed by atoms with Gasteiger partial charge in [0.2, 0.25) is 0 Å². The maximum absolute atomic E-state index is 11.1. The molecule has 0 aromatic rings. The highest BCUT2D eigenvalue weighted by molar-refractivity contribution is 5.86. The molecule has 1 rings (SSSR count). The van der Waals surface area contributed by atoms with E-state index >= 15 is 0 Å². The summed E-state index contributed by atoms with van der Waals surface area (Å²) < 4.78 is 11.5. The first-order valence-corrected chi connectivity index (χ1v) is 7.54. The molecule has 1 unspecified atom stereocenters. The number of rotatable bonds is 6. The Hall–Kier alpha value is -0.950. The highest BCUT2D eigenvalue weighted by atomic mass is 16.7. The number of carboxylic acid groups (broad SMARTS) is 1. The van der Waals surface area contributed by atoms with Crippen molar-refractivity contribution in [3.63, 3.8) is 0 Å². The lowest BCUT2D eigenvalue weighted by molar-refractivity contribution is -0.285. The second-order valence-corrected chi connectivity index (χ2v) is 6.80. The number of hydrogen-bond acceptors (Lipinski definition) is 5. The van der Waals surface area contributed by atoms with Crippen molar-refractivity contribution < 1.29 is 29.6 Å². The Morgan fingerprint density at radius 3 is 2.18 bits per heavy atom. The highest BCUT2D eigenvalue weighted by Crippen LogP contribution is 2.38. The molecule has 0 spiro atoms. The summed E-state index contributed by atoms with van der Waals surface area (Å²) in [6, 6.07) is 0. The Balaban J connectivity index is 2.88. The third kappa shape index (κ3) is 3.68. The van der Waals surface area contributed by atoms with Crippen LogP contribution in [-0.2, 0) is 14.3 Å². The molecule has 6 heteroatoms. The number of aliphatic carboxylic acids is 1. The molecule has 1 saturated heterocycles. The fourth-order valence-corrected chi connectivity index (χ4v) is 2.49. The second-order valence-electron chi connectivity index (χ2n) is 6.80. The minimum atomic E-state index is -1.05. The highest BCUT2D eigenvalue weighted by Gasteiger charge is 2.45. The van der Waals surface area contributed by atoms with E-state index in [0.29, 0.717) is 18.8 Å². The average molecular weight is 316 g/mol. The average Bonchev–Trinajstić information content (AvgIpc) is 2.52. The van der Waals surface area contributed by atoms with E-state index in [2.05, 4.69) is 0 Å². The summed E-state index contributed by atoms with van der Waals surface area (Å²) in [5.74, 6) is -1.05. The molecule has 0 aliphatic carbocycles. The molecule has 3 N–H and O–H groups in total. The van der Waals surface area contributed by atoms with Gasteiger partial charge in [0.15, 0.2) is 6.29 Å². The lowest BCUT2D eigenvalue weighted by atomic mass is 9.79. The Kier molecular flexibility index (Phi) is 6.15. The van der Waals surface area contributed by atoms with E-state index in [1.54, 1.807) is 20.8 Å². The molecular formula is C16H28O6. The molecule has 6 nitrogen and oxygen atoms in total. The van der Waals surface area contributed by atoms with E-state index in [0.717, 1.165) is 6.42 Å². The monoisotopic (exact) mass is 316 g/mol. The number of carbonyl (C=O) groups is 1. The normalized spacial score (nSPS) is 29.0. The van der Waals surface area contributed by atoms with Crippen LogP contribution < -0.4 is 0 Å². The second kappa shape index (κ2) is 7.08. The molecule has 1 aliphatic rings.